The van der Waals surface area contributed by atoms with Crippen molar-refractivity contribution in [1.82, 2.24) is 5.06 Å². The molecule has 3 rings (SSSR count). The molecule has 146 valence electrons. The molecule has 1 aliphatic rings. The molecule has 2 N–H and O–H groups in total. The molecule has 0 radical (unpaired) electrons. The summed E-state index contributed by atoms with van der Waals surface area (Å²) in [6.07, 6.45) is -2.05. The lowest BCUT2D eigenvalue weighted by Crippen LogP contribution is -2.42. The number of benzene rings is 2. The number of halogens is 3. The van der Waals surface area contributed by atoms with Gasteiger partial charge in [-0.05, 0) is 17.5 Å². The maximum Gasteiger partial charge on any atom is 0.525 e. The second-order valence-electron chi connectivity index (χ2n) is 5.43. The molecule has 2 aromatic rings. The largest absolute Gasteiger partial charge is 0.525 e. The number of alkyl halides is 3. The number of rotatable bonds is 5. The fraction of sp³-hybridized carbons (Fsp3) is 0.267. The monoisotopic (exact) mass is 423 g/mol. The molecule has 0 aliphatic carbocycles. The van der Waals surface area contributed by atoms with E-state index in [2.05, 4.69) is 4.28 Å². The minimum atomic E-state index is -6.14. The van der Waals surface area contributed by atoms with Crippen LogP contribution in [0.5, 0.6) is 0 Å². The molecule has 1 amide bonds. The number of hydrogen-bond acceptors (Lipinski definition) is 7. The molecule has 27 heavy (non-hydrogen) atoms. The summed E-state index contributed by atoms with van der Waals surface area (Å²) < 4.78 is 64.2. The van der Waals surface area contributed by atoms with Crippen LogP contribution in [0.2, 0.25) is 0 Å². The first-order valence-electron chi connectivity index (χ1n) is 7.40. The summed E-state index contributed by atoms with van der Waals surface area (Å²) >= 11 is 1.29. The molecule has 1 aliphatic heterocycles. The van der Waals surface area contributed by atoms with E-state index < -0.39 is 27.8 Å². The van der Waals surface area contributed by atoms with Crippen LogP contribution in [-0.2, 0) is 14.4 Å². The van der Waals surface area contributed by atoms with Crippen molar-refractivity contribution < 1.29 is 40.9 Å². The third kappa shape index (κ3) is 3.38. The Kier molecular flexibility index (Phi) is 5.12. The molecule has 0 fully saturated rings. The third-order valence-corrected chi connectivity index (χ3v) is 5.75. The quantitative estimate of drug-likeness (QED) is 0.561. The minimum Gasteiger partial charge on any atom is -0.396 e. The summed E-state index contributed by atoms with van der Waals surface area (Å²) in [5.74, 6) is -0.855. The summed E-state index contributed by atoms with van der Waals surface area (Å²) in [5, 5.41) is 19.9. The Balaban J connectivity index is 2.10. The van der Waals surface area contributed by atoms with Crippen LogP contribution in [0.25, 0.3) is 10.8 Å². The maximum atomic E-state index is 12.6. The van der Waals surface area contributed by atoms with Crippen LogP contribution in [0.4, 0.5) is 13.2 Å². The standard InChI is InChI=1S/C15H12F3NO6S2/c16-15(17,18)27(23,24)25-19-13(21)9-3-1-2-8-11(26-7-6-20)5-4-10(12(8)9)14(19)22/h1-5,14,20,22H,6-7H2. The van der Waals surface area contributed by atoms with E-state index in [1.54, 1.807) is 12.1 Å². The molecule has 1 atom stereocenters. The zero-order valence-corrected chi connectivity index (χ0v) is 14.9. The topological polar surface area (TPSA) is 104 Å². The Bertz CT molecular complexity index is 1010. The normalized spacial score (nSPS) is 17.6. The number of amides is 1. The van der Waals surface area contributed by atoms with Gasteiger partial charge in [0.15, 0.2) is 6.23 Å². The van der Waals surface area contributed by atoms with Crippen LogP contribution < -0.4 is 0 Å². The van der Waals surface area contributed by atoms with Crippen molar-refractivity contribution in [2.45, 2.75) is 16.6 Å². The van der Waals surface area contributed by atoms with E-state index in [4.69, 9.17) is 5.11 Å². The molecule has 1 unspecified atom stereocenters. The lowest BCUT2D eigenvalue weighted by molar-refractivity contribution is -0.151. The average Bonchev–Trinajstić information content (AvgIpc) is 2.60. The van der Waals surface area contributed by atoms with Gasteiger partial charge in [0.1, 0.15) is 0 Å². The van der Waals surface area contributed by atoms with Gasteiger partial charge in [0.05, 0.1) is 12.2 Å². The van der Waals surface area contributed by atoms with Gasteiger partial charge < -0.3 is 10.2 Å². The molecule has 0 saturated heterocycles. The van der Waals surface area contributed by atoms with Crippen molar-refractivity contribution in [3.8, 4) is 0 Å². The van der Waals surface area contributed by atoms with Gasteiger partial charge in [-0.25, -0.2) is 0 Å². The van der Waals surface area contributed by atoms with E-state index in [9.17, 15) is 31.5 Å². The molecular weight excluding hydrogens is 411 g/mol. The van der Waals surface area contributed by atoms with Gasteiger partial charge in [-0.1, -0.05) is 18.2 Å². The minimum absolute atomic E-state index is 0.0194. The Labute approximate surface area is 155 Å². The Morgan fingerprint density at radius 3 is 2.56 bits per heavy atom. The predicted octanol–water partition coefficient (Wildman–Crippen LogP) is 2.15. The van der Waals surface area contributed by atoms with Gasteiger partial charge in [0.2, 0.25) is 0 Å². The number of nitrogens with zero attached hydrogens (tertiary/aromatic N) is 1. The summed E-state index contributed by atoms with van der Waals surface area (Å²) in [5.41, 5.74) is -5.85. The molecule has 7 nitrogen and oxygen atoms in total. The van der Waals surface area contributed by atoms with Crippen LogP contribution in [0.1, 0.15) is 22.1 Å². The predicted molar refractivity (Wildman–Crippen MR) is 88.9 cm³/mol. The van der Waals surface area contributed by atoms with E-state index in [1.165, 1.54) is 30.0 Å². The molecule has 2 aromatic carbocycles. The van der Waals surface area contributed by atoms with Gasteiger partial charge >= 0.3 is 15.6 Å². The van der Waals surface area contributed by atoms with Gasteiger partial charge in [-0.2, -0.15) is 26.7 Å². The van der Waals surface area contributed by atoms with E-state index >= 15 is 0 Å². The number of aliphatic hydroxyl groups excluding tert-OH is 2. The second-order valence-corrected chi connectivity index (χ2v) is 8.09. The third-order valence-electron chi connectivity index (χ3n) is 3.77. The van der Waals surface area contributed by atoms with Gasteiger partial charge in [-0.3, -0.25) is 4.79 Å². The van der Waals surface area contributed by atoms with E-state index in [-0.39, 0.29) is 28.2 Å². The highest BCUT2D eigenvalue weighted by atomic mass is 32.2. The maximum absolute atomic E-state index is 12.6. The zero-order valence-electron chi connectivity index (χ0n) is 13.3. The van der Waals surface area contributed by atoms with Gasteiger partial charge in [-0.15, -0.1) is 16.0 Å². The average molecular weight is 423 g/mol. The number of hydroxylamine groups is 2. The number of aliphatic hydroxyl groups is 2. The Morgan fingerprint density at radius 2 is 1.93 bits per heavy atom. The zero-order chi connectivity index (χ0) is 20.0. The van der Waals surface area contributed by atoms with Gasteiger partial charge in [0, 0.05) is 21.6 Å². The molecule has 0 saturated carbocycles. The SMILES string of the molecule is O=C1c2cccc3c(SCCO)ccc(c23)C(O)N1OS(=O)(=O)C(F)(F)F. The molecule has 1 heterocycles. The number of thioether (sulfide) groups is 1. The smallest absolute Gasteiger partial charge is 0.396 e. The fourth-order valence-electron chi connectivity index (χ4n) is 2.66. The van der Waals surface area contributed by atoms with Crippen LogP contribution >= 0.6 is 11.8 Å². The Hall–Kier alpha value is -1.86. The molecule has 0 aromatic heterocycles. The number of carbonyl (C=O) groups is 1. The molecule has 0 bridgehead atoms. The van der Waals surface area contributed by atoms with Gasteiger partial charge in [0.25, 0.3) is 5.91 Å². The highest BCUT2D eigenvalue weighted by molar-refractivity contribution is 7.99. The molecule has 12 heteroatoms. The van der Waals surface area contributed by atoms with Crippen molar-refractivity contribution in [3.63, 3.8) is 0 Å². The summed E-state index contributed by atoms with van der Waals surface area (Å²) in [6, 6.07) is 7.31. The van der Waals surface area contributed by atoms with Crippen LogP contribution in [0.3, 0.4) is 0 Å². The van der Waals surface area contributed by atoms with Crippen LogP contribution in [0, 0.1) is 0 Å². The van der Waals surface area contributed by atoms with Crippen LogP contribution in [-0.4, -0.2) is 47.5 Å². The van der Waals surface area contributed by atoms with Crippen molar-refractivity contribution in [2.24, 2.45) is 0 Å². The van der Waals surface area contributed by atoms with Crippen LogP contribution in [0.15, 0.2) is 35.2 Å². The summed E-state index contributed by atoms with van der Waals surface area (Å²) in [6.45, 7) is -0.0912. The van der Waals surface area contributed by atoms with Crippen molar-refractivity contribution >= 4 is 38.6 Å². The van der Waals surface area contributed by atoms with Crippen molar-refractivity contribution in [3.05, 3.63) is 41.5 Å². The lowest BCUT2D eigenvalue weighted by Gasteiger charge is -2.32. The van der Waals surface area contributed by atoms with E-state index in [0.717, 1.165) is 0 Å². The first kappa shape index (κ1) is 19.9. The highest BCUT2D eigenvalue weighted by Crippen LogP contribution is 2.41. The summed E-state index contributed by atoms with van der Waals surface area (Å²) in [7, 11) is -6.14. The first-order valence-corrected chi connectivity index (χ1v) is 9.79. The summed E-state index contributed by atoms with van der Waals surface area (Å²) in [4.78, 5) is 13.2. The first-order chi connectivity index (χ1) is 12.6. The highest BCUT2D eigenvalue weighted by Gasteiger charge is 2.51. The van der Waals surface area contributed by atoms with E-state index in [1.807, 2.05) is 0 Å². The number of carbonyl (C=O) groups excluding carboxylic acids is 1. The lowest BCUT2D eigenvalue weighted by atomic mass is 9.94. The Morgan fingerprint density at radius 1 is 1.22 bits per heavy atom. The van der Waals surface area contributed by atoms with Crippen molar-refractivity contribution in [1.29, 1.82) is 0 Å². The van der Waals surface area contributed by atoms with E-state index in [0.29, 0.717) is 16.0 Å². The second kappa shape index (κ2) is 6.95. The molecular formula is C15H12F3NO6S2. The van der Waals surface area contributed by atoms with Crippen molar-refractivity contribution in [2.75, 3.05) is 12.4 Å². The number of hydrogen-bond donors (Lipinski definition) is 2. The molecule has 0 spiro atoms. The fourth-order valence-corrected chi connectivity index (χ4v) is 3.91.